The maximum atomic E-state index is 12.5. The molecule has 0 unspecified atom stereocenters. The quantitative estimate of drug-likeness (QED) is 0.615. The van der Waals surface area contributed by atoms with Crippen LogP contribution >= 0.6 is 0 Å². The Hall–Kier alpha value is -2.87. The number of carbonyl (C=O) groups is 1. The second-order valence-corrected chi connectivity index (χ2v) is 7.61. The fraction of sp³-hybridized carbons (Fsp3) is 0.435. The number of nitrogens with zero attached hydrogens (tertiary/aromatic N) is 3. The van der Waals surface area contributed by atoms with Crippen LogP contribution in [0.1, 0.15) is 66.5 Å². The fourth-order valence-corrected chi connectivity index (χ4v) is 4.12. The first-order chi connectivity index (χ1) is 13.5. The lowest BCUT2D eigenvalue weighted by atomic mass is 9.95. The Balaban J connectivity index is 1.76. The monoisotopic (exact) mass is 376 g/mol. The number of amides is 1. The second-order valence-electron chi connectivity index (χ2n) is 7.61. The molecule has 0 aliphatic heterocycles. The van der Waals surface area contributed by atoms with Crippen LogP contribution in [0.3, 0.4) is 0 Å². The summed E-state index contributed by atoms with van der Waals surface area (Å²) in [6.07, 6.45) is 7.97. The van der Waals surface area contributed by atoms with Gasteiger partial charge < -0.3 is 9.88 Å². The highest BCUT2D eigenvalue weighted by Gasteiger charge is 2.20. The molecule has 2 heterocycles. The molecule has 2 aromatic heterocycles. The van der Waals surface area contributed by atoms with Crippen LogP contribution in [0, 0.1) is 32.1 Å². The highest BCUT2D eigenvalue weighted by molar-refractivity contribution is 6.01. The van der Waals surface area contributed by atoms with E-state index in [9.17, 15) is 10.1 Å². The zero-order valence-corrected chi connectivity index (χ0v) is 17.0. The molecule has 0 radical (unpaired) electrons. The van der Waals surface area contributed by atoms with Gasteiger partial charge in [-0.25, -0.2) is 0 Å². The molecule has 0 spiro atoms. The maximum Gasteiger partial charge on any atom is 0.262 e. The highest BCUT2D eigenvalue weighted by Crippen LogP contribution is 2.32. The summed E-state index contributed by atoms with van der Waals surface area (Å²) in [7, 11) is 0. The van der Waals surface area contributed by atoms with Crippen molar-refractivity contribution >= 4 is 12.0 Å². The Morgan fingerprint density at radius 3 is 2.71 bits per heavy atom. The predicted octanol–water partition coefficient (Wildman–Crippen LogP) is 4.54. The van der Waals surface area contributed by atoms with E-state index >= 15 is 0 Å². The first-order valence-electron chi connectivity index (χ1n) is 10.0. The number of carbonyl (C=O) groups excluding carboxylic acids is 1. The van der Waals surface area contributed by atoms with Crippen LogP contribution in [-0.2, 0) is 11.3 Å². The summed E-state index contributed by atoms with van der Waals surface area (Å²) in [6.45, 7) is 6.40. The minimum absolute atomic E-state index is 0.122. The van der Waals surface area contributed by atoms with Crippen LogP contribution in [0.5, 0.6) is 0 Å². The van der Waals surface area contributed by atoms with Gasteiger partial charge in [-0.05, 0) is 63.5 Å². The Morgan fingerprint density at radius 2 is 2.04 bits per heavy atom. The van der Waals surface area contributed by atoms with Gasteiger partial charge in [-0.3, -0.25) is 9.78 Å². The molecule has 1 saturated carbocycles. The first-order valence-corrected chi connectivity index (χ1v) is 10.0. The molecular weight excluding hydrogens is 348 g/mol. The van der Waals surface area contributed by atoms with Crippen LogP contribution < -0.4 is 5.32 Å². The normalized spacial score (nSPS) is 15.3. The Bertz CT molecular complexity index is 927. The highest BCUT2D eigenvalue weighted by atomic mass is 16.1. The fourth-order valence-electron chi connectivity index (χ4n) is 4.12. The standard InChI is InChI=1S/C23H28N4O/c1-16-8-7-9-21(26-16)15-25-23(28)20(14-24)13-19-12-17(2)27(18(19)3)22-10-5-4-6-11-22/h7-9,12-13,22H,4-6,10-11,15H2,1-3H3,(H,25,28)/b20-13-. The lowest BCUT2D eigenvalue weighted by molar-refractivity contribution is -0.117. The van der Waals surface area contributed by atoms with Crippen molar-refractivity contribution in [1.29, 1.82) is 5.26 Å². The number of aromatic nitrogens is 2. The Morgan fingerprint density at radius 1 is 1.29 bits per heavy atom. The zero-order valence-electron chi connectivity index (χ0n) is 17.0. The second kappa shape index (κ2) is 8.88. The molecule has 1 amide bonds. The summed E-state index contributed by atoms with van der Waals surface area (Å²) >= 11 is 0. The van der Waals surface area contributed by atoms with E-state index < -0.39 is 0 Å². The van der Waals surface area contributed by atoms with Gasteiger partial charge in [-0.1, -0.05) is 25.3 Å². The van der Waals surface area contributed by atoms with Gasteiger partial charge >= 0.3 is 0 Å². The van der Waals surface area contributed by atoms with E-state index in [-0.39, 0.29) is 11.5 Å². The molecule has 0 atom stereocenters. The SMILES string of the molecule is Cc1cccc(CNC(=O)/C(C#N)=C\c2cc(C)n(C3CCCCC3)c2C)n1. The van der Waals surface area contributed by atoms with E-state index in [2.05, 4.69) is 40.9 Å². The van der Waals surface area contributed by atoms with Gasteiger partial charge in [0, 0.05) is 23.1 Å². The van der Waals surface area contributed by atoms with Gasteiger partial charge in [0.2, 0.25) is 0 Å². The molecule has 146 valence electrons. The number of rotatable bonds is 5. The maximum absolute atomic E-state index is 12.5. The van der Waals surface area contributed by atoms with Crippen molar-refractivity contribution in [3.63, 3.8) is 0 Å². The summed E-state index contributed by atoms with van der Waals surface area (Å²) in [4.78, 5) is 16.9. The van der Waals surface area contributed by atoms with Crippen LogP contribution in [0.4, 0.5) is 0 Å². The van der Waals surface area contributed by atoms with Crippen molar-refractivity contribution in [3.8, 4) is 6.07 Å². The largest absolute Gasteiger partial charge is 0.346 e. The molecule has 5 nitrogen and oxygen atoms in total. The van der Waals surface area contributed by atoms with Crippen LogP contribution in [0.25, 0.3) is 6.08 Å². The Labute approximate surface area is 167 Å². The van der Waals surface area contributed by atoms with Crippen molar-refractivity contribution in [3.05, 3.63) is 58.2 Å². The minimum Gasteiger partial charge on any atom is -0.346 e. The molecule has 2 aromatic rings. The Kier molecular flexibility index (Phi) is 6.30. The summed E-state index contributed by atoms with van der Waals surface area (Å²) in [5.41, 5.74) is 5.07. The van der Waals surface area contributed by atoms with Crippen LogP contribution in [-0.4, -0.2) is 15.5 Å². The van der Waals surface area contributed by atoms with Crippen molar-refractivity contribution < 1.29 is 4.79 Å². The predicted molar refractivity (Wildman–Crippen MR) is 110 cm³/mol. The summed E-state index contributed by atoms with van der Waals surface area (Å²) in [5.74, 6) is -0.367. The number of hydrogen-bond acceptors (Lipinski definition) is 3. The van der Waals surface area contributed by atoms with E-state index in [1.165, 1.54) is 37.8 Å². The molecule has 5 heteroatoms. The van der Waals surface area contributed by atoms with E-state index in [1.807, 2.05) is 25.1 Å². The molecule has 0 bridgehead atoms. The molecule has 1 N–H and O–H groups in total. The average Bonchev–Trinajstić information content (AvgIpc) is 2.98. The zero-order chi connectivity index (χ0) is 20.1. The van der Waals surface area contributed by atoms with Gasteiger partial charge in [-0.15, -0.1) is 0 Å². The molecule has 0 saturated heterocycles. The van der Waals surface area contributed by atoms with Crippen LogP contribution in [0.2, 0.25) is 0 Å². The lowest BCUT2D eigenvalue weighted by Crippen LogP contribution is -2.24. The van der Waals surface area contributed by atoms with Gasteiger partial charge in [0.1, 0.15) is 11.6 Å². The third-order valence-electron chi connectivity index (χ3n) is 5.50. The van der Waals surface area contributed by atoms with E-state index in [4.69, 9.17) is 0 Å². The molecule has 28 heavy (non-hydrogen) atoms. The topological polar surface area (TPSA) is 70.7 Å². The van der Waals surface area contributed by atoms with Gasteiger partial charge in [0.25, 0.3) is 5.91 Å². The van der Waals surface area contributed by atoms with Gasteiger partial charge in [-0.2, -0.15) is 5.26 Å². The summed E-state index contributed by atoms with van der Waals surface area (Å²) < 4.78 is 2.38. The van der Waals surface area contributed by atoms with Crippen molar-refractivity contribution in [1.82, 2.24) is 14.9 Å². The number of nitrogens with one attached hydrogen (secondary N) is 1. The van der Waals surface area contributed by atoms with Crippen molar-refractivity contribution in [2.45, 2.75) is 65.5 Å². The van der Waals surface area contributed by atoms with Gasteiger partial charge in [0.05, 0.1) is 12.2 Å². The smallest absolute Gasteiger partial charge is 0.262 e. The van der Waals surface area contributed by atoms with Crippen molar-refractivity contribution in [2.75, 3.05) is 0 Å². The number of hydrogen-bond donors (Lipinski definition) is 1. The third kappa shape index (κ3) is 4.51. The van der Waals surface area contributed by atoms with E-state index in [1.54, 1.807) is 6.08 Å². The van der Waals surface area contributed by atoms with E-state index in [0.717, 1.165) is 22.6 Å². The minimum atomic E-state index is -0.367. The number of nitriles is 1. The molecule has 1 fully saturated rings. The molecule has 1 aliphatic rings. The first kappa shape index (κ1) is 19.9. The molecule has 1 aliphatic carbocycles. The summed E-state index contributed by atoms with van der Waals surface area (Å²) in [5, 5.41) is 12.3. The number of pyridine rings is 1. The van der Waals surface area contributed by atoms with E-state index in [0.29, 0.717) is 12.6 Å². The lowest BCUT2D eigenvalue weighted by Gasteiger charge is -2.26. The van der Waals surface area contributed by atoms with Crippen LogP contribution in [0.15, 0.2) is 29.8 Å². The van der Waals surface area contributed by atoms with Crippen molar-refractivity contribution in [2.24, 2.45) is 0 Å². The molecular formula is C23H28N4O. The number of aryl methyl sites for hydroxylation is 2. The van der Waals surface area contributed by atoms with Gasteiger partial charge in [0.15, 0.2) is 0 Å². The summed E-state index contributed by atoms with van der Waals surface area (Å²) in [6, 6.07) is 10.3. The molecule has 3 rings (SSSR count). The molecule has 0 aromatic carbocycles. The average molecular weight is 377 g/mol. The third-order valence-corrected chi connectivity index (χ3v) is 5.50.